The van der Waals surface area contributed by atoms with Gasteiger partial charge in [-0.1, -0.05) is 13.8 Å². The summed E-state index contributed by atoms with van der Waals surface area (Å²) in [5.41, 5.74) is 5.27. The maximum atomic E-state index is 4.65. The molecule has 0 aromatic carbocycles. The van der Waals surface area contributed by atoms with Crippen LogP contribution >= 0.6 is 11.3 Å². The van der Waals surface area contributed by atoms with E-state index in [0.717, 1.165) is 41.6 Å². The molecule has 0 amide bonds. The van der Waals surface area contributed by atoms with Gasteiger partial charge in [-0.15, -0.1) is 11.3 Å². The molecule has 1 N–H and O–H groups in total. The van der Waals surface area contributed by atoms with E-state index in [4.69, 9.17) is 0 Å². The number of rotatable bonds is 6. The lowest BCUT2D eigenvalue weighted by Crippen LogP contribution is -2.22. The summed E-state index contributed by atoms with van der Waals surface area (Å²) in [5, 5.41) is 3.39. The topological polar surface area (TPSA) is 50.7 Å². The van der Waals surface area contributed by atoms with Crippen LogP contribution in [0.1, 0.15) is 30.8 Å². The molecule has 0 fully saturated rings. The molecule has 0 aliphatic heterocycles. The summed E-state index contributed by atoms with van der Waals surface area (Å²) >= 11 is 1.58. The van der Waals surface area contributed by atoms with Gasteiger partial charge in [0.1, 0.15) is 0 Å². The third kappa shape index (κ3) is 3.61. The van der Waals surface area contributed by atoms with Crippen molar-refractivity contribution in [3.05, 3.63) is 28.7 Å². The Balaban J connectivity index is 2.19. The highest BCUT2D eigenvalue weighted by Gasteiger charge is 2.13. The fourth-order valence-corrected chi connectivity index (χ4v) is 2.84. The van der Waals surface area contributed by atoms with Crippen molar-refractivity contribution in [1.82, 2.24) is 20.3 Å². The van der Waals surface area contributed by atoms with Gasteiger partial charge in [-0.25, -0.2) is 9.97 Å². The van der Waals surface area contributed by atoms with Gasteiger partial charge in [-0.05, 0) is 44.8 Å². The molecule has 1 unspecified atom stereocenters. The Morgan fingerprint density at radius 3 is 2.50 bits per heavy atom. The second-order valence-corrected chi connectivity index (χ2v) is 6.07. The lowest BCUT2D eigenvalue weighted by Gasteiger charge is -2.15. The first-order valence-corrected chi connectivity index (χ1v) is 7.93. The molecular weight excluding hydrogens is 268 g/mol. The van der Waals surface area contributed by atoms with Gasteiger partial charge in [-0.2, -0.15) is 0 Å². The average molecular weight is 290 g/mol. The zero-order chi connectivity index (χ0) is 14.5. The molecule has 2 aromatic rings. The van der Waals surface area contributed by atoms with Crippen LogP contribution in [0.5, 0.6) is 0 Å². The molecule has 4 nitrogen and oxygen atoms in total. The zero-order valence-electron chi connectivity index (χ0n) is 12.6. The largest absolute Gasteiger partial charge is 0.317 e. The molecule has 0 saturated heterocycles. The highest BCUT2D eigenvalue weighted by atomic mass is 32.1. The fourth-order valence-electron chi connectivity index (χ4n) is 2.28. The number of nitrogens with one attached hydrogen (secondary N) is 1. The summed E-state index contributed by atoms with van der Waals surface area (Å²) in [6.07, 6.45) is 2.85. The molecule has 0 spiro atoms. The van der Waals surface area contributed by atoms with Crippen molar-refractivity contribution in [2.45, 2.75) is 34.1 Å². The predicted molar refractivity (Wildman–Crippen MR) is 84.0 cm³/mol. The van der Waals surface area contributed by atoms with Crippen LogP contribution in [0.2, 0.25) is 0 Å². The highest BCUT2D eigenvalue weighted by Crippen LogP contribution is 2.23. The van der Waals surface area contributed by atoms with Gasteiger partial charge in [0.25, 0.3) is 0 Å². The van der Waals surface area contributed by atoms with E-state index in [1.165, 1.54) is 5.56 Å². The molecule has 1 atom stereocenters. The van der Waals surface area contributed by atoms with E-state index in [1.807, 2.05) is 11.7 Å². The Hall–Kier alpha value is -1.33. The van der Waals surface area contributed by atoms with Crippen LogP contribution < -0.4 is 5.32 Å². The van der Waals surface area contributed by atoms with Crippen LogP contribution in [0.25, 0.3) is 10.7 Å². The maximum Gasteiger partial charge on any atom is 0.171 e. The number of aryl methyl sites for hydroxylation is 2. The Labute approximate surface area is 124 Å². The van der Waals surface area contributed by atoms with Crippen LogP contribution in [0.3, 0.4) is 0 Å². The summed E-state index contributed by atoms with van der Waals surface area (Å²) in [6, 6.07) is 0. The van der Waals surface area contributed by atoms with E-state index in [0.29, 0.717) is 5.92 Å². The molecule has 5 heteroatoms. The van der Waals surface area contributed by atoms with Crippen LogP contribution in [0, 0.1) is 19.8 Å². The number of nitrogens with zero attached hydrogens (tertiary/aromatic N) is 3. The summed E-state index contributed by atoms with van der Waals surface area (Å²) < 4.78 is 0. The molecule has 108 valence electrons. The molecule has 2 heterocycles. The van der Waals surface area contributed by atoms with Crippen molar-refractivity contribution in [2.24, 2.45) is 5.92 Å². The van der Waals surface area contributed by atoms with E-state index < -0.39 is 0 Å². The van der Waals surface area contributed by atoms with Crippen LogP contribution in [0.4, 0.5) is 0 Å². The first kappa shape index (κ1) is 15.1. The lowest BCUT2D eigenvalue weighted by atomic mass is 9.98. The van der Waals surface area contributed by atoms with Crippen molar-refractivity contribution >= 4 is 11.3 Å². The van der Waals surface area contributed by atoms with Crippen molar-refractivity contribution < 1.29 is 0 Å². The molecule has 0 radical (unpaired) electrons. The van der Waals surface area contributed by atoms with E-state index in [-0.39, 0.29) is 0 Å². The van der Waals surface area contributed by atoms with Crippen molar-refractivity contribution in [1.29, 1.82) is 0 Å². The van der Waals surface area contributed by atoms with Crippen LogP contribution in [-0.2, 0) is 6.42 Å². The summed E-state index contributed by atoms with van der Waals surface area (Å²) in [5.74, 6) is 1.38. The second-order valence-electron chi connectivity index (χ2n) is 5.18. The minimum Gasteiger partial charge on any atom is -0.317 e. The number of thiazole rings is 1. The normalized spacial score (nSPS) is 12.6. The first-order chi connectivity index (χ1) is 9.61. The van der Waals surface area contributed by atoms with Gasteiger partial charge in [-0.3, -0.25) is 4.98 Å². The number of hydrogen-bond acceptors (Lipinski definition) is 5. The summed E-state index contributed by atoms with van der Waals surface area (Å²) in [6.45, 7) is 10.6. The average Bonchev–Trinajstić information content (AvgIpc) is 2.94. The first-order valence-electron chi connectivity index (χ1n) is 7.05. The van der Waals surface area contributed by atoms with E-state index in [9.17, 15) is 0 Å². The van der Waals surface area contributed by atoms with Gasteiger partial charge in [0.05, 0.1) is 10.4 Å². The van der Waals surface area contributed by atoms with Gasteiger partial charge in [0.2, 0.25) is 0 Å². The highest BCUT2D eigenvalue weighted by molar-refractivity contribution is 7.13. The molecule has 20 heavy (non-hydrogen) atoms. The van der Waals surface area contributed by atoms with Crippen LogP contribution in [0.15, 0.2) is 11.7 Å². The zero-order valence-corrected chi connectivity index (χ0v) is 13.4. The Morgan fingerprint density at radius 2 is 1.95 bits per heavy atom. The maximum absolute atomic E-state index is 4.65. The van der Waals surface area contributed by atoms with E-state index in [2.05, 4.69) is 48.0 Å². The Kier molecular flexibility index (Phi) is 5.20. The minimum absolute atomic E-state index is 0.588. The van der Waals surface area contributed by atoms with Gasteiger partial charge in [0, 0.05) is 17.6 Å². The third-order valence-electron chi connectivity index (χ3n) is 3.37. The van der Waals surface area contributed by atoms with E-state index in [1.54, 1.807) is 11.3 Å². The fraction of sp³-hybridized carbons (Fsp3) is 0.533. The number of hydrogen-bond donors (Lipinski definition) is 1. The Morgan fingerprint density at radius 1 is 1.25 bits per heavy atom. The summed E-state index contributed by atoms with van der Waals surface area (Å²) in [4.78, 5) is 14.4. The van der Waals surface area contributed by atoms with Gasteiger partial charge in [0.15, 0.2) is 5.82 Å². The minimum atomic E-state index is 0.588. The molecule has 0 aliphatic rings. The van der Waals surface area contributed by atoms with Crippen molar-refractivity contribution in [2.75, 3.05) is 13.1 Å². The smallest absolute Gasteiger partial charge is 0.171 e. The molecule has 0 saturated carbocycles. The lowest BCUT2D eigenvalue weighted by molar-refractivity contribution is 0.517. The predicted octanol–water partition coefficient (Wildman–Crippen LogP) is 3.01. The standard InChI is InChI=1S/C15H22N4S/c1-5-16-7-10(2)6-13-11(3)18-15(19-12(13)4)14-8-17-9-20-14/h8-10,16H,5-7H2,1-4H3. The van der Waals surface area contributed by atoms with Crippen molar-refractivity contribution in [3.63, 3.8) is 0 Å². The molecule has 2 rings (SSSR count). The van der Waals surface area contributed by atoms with E-state index >= 15 is 0 Å². The van der Waals surface area contributed by atoms with Gasteiger partial charge < -0.3 is 5.32 Å². The summed E-state index contributed by atoms with van der Waals surface area (Å²) in [7, 11) is 0. The van der Waals surface area contributed by atoms with Crippen LogP contribution in [-0.4, -0.2) is 28.0 Å². The number of aromatic nitrogens is 3. The molecule has 0 bridgehead atoms. The monoisotopic (exact) mass is 290 g/mol. The van der Waals surface area contributed by atoms with Gasteiger partial charge >= 0.3 is 0 Å². The Bertz CT molecular complexity index is 528. The quantitative estimate of drug-likeness (QED) is 0.888. The molecule has 0 aliphatic carbocycles. The molecule has 2 aromatic heterocycles. The third-order valence-corrected chi connectivity index (χ3v) is 4.14. The SMILES string of the molecule is CCNCC(C)Cc1c(C)nc(-c2cncs2)nc1C. The van der Waals surface area contributed by atoms with Crippen molar-refractivity contribution in [3.8, 4) is 10.7 Å². The molecular formula is C15H22N4S. The second kappa shape index (κ2) is 6.90.